The first kappa shape index (κ1) is 13.0. The Morgan fingerprint density at radius 2 is 2.22 bits per heavy atom. The molecular weight excluding hydrogens is 240 g/mol. The molecule has 100 valence electrons. The van der Waals surface area contributed by atoms with Crippen LogP contribution in [-0.4, -0.2) is 33.4 Å². The number of aromatic nitrogens is 2. The number of ether oxygens (including phenoxy) is 1. The van der Waals surface area contributed by atoms with Crippen LogP contribution in [0.1, 0.15) is 18.2 Å². The first-order chi connectivity index (χ1) is 8.56. The second kappa shape index (κ2) is 5.02. The lowest BCUT2D eigenvalue weighted by Gasteiger charge is -2.15. The Bertz CT molecular complexity index is 537. The van der Waals surface area contributed by atoms with Gasteiger partial charge in [0.15, 0.2) is 0 Å². The van der Waals surface area contributed by atoms with Crippen molar-refractivity contribution in [3.8, 4) is 0 Å². The number of rotatable bonds is 3. The molecule has 1 saturated heterocycles. The molecule has 1 aliphatic heterocycles. The molecule has 0 aromatic carbocycles. The zero-order valence-electron chi connectivity index (χ0n) is 9.70. The van der Waals surface area contributed by atoms with Crippen LogP contribution in [-0.2, 0) is 11.3 Å². The molecule has 0 radical (unpaired) electrons. The number of aliphatic hydroxyl groups is 1. The van der Waals surface area contributed by atoms with Crippen LogP contribution in [0.15, 0.2) is 15.8 Å². The van der Waals surface area contributed by atoms with E-state index < -0.39 is 29.7 Å². The van der Waals surface area contributed by atoms with Crippen molar-refractivity contribution < 1.29 is 9.84 Å². The molecule has 18 heavy (non-hydrogen) atoms. The van der Waals surface area contributed by atoms with Crippen LogP contribution in [0.5, 0.6) is 0 Å². The van der Waals surface area contributed by atoms with Crippen molar-refractivity contribution in [2.45, 2.75) is 31.4 Å². The molecule has 6 N–H and O–H groups in total. The smallest absolute Gasteiger partial charge is 0.330 e. The maximum absolute atomic E-state index is 11.7. The Morgan fingerprint density at radius 3 is 2.78 bits per heavy atom. The highest BCUT2D eigenvalue weighted by Gasteiger charge is 2.34. The van der Waals surface area contributed by atoms with E-state index in [0.717, 1.165) is 0 Å². The van der Waals surface area contributed by atoms with E-state index in [1.54, 1.807) is 0 Å². The predicted molar refractivity (Wildman–Crippen MR) is 62.8 cm³/mol. The second-order valence-corrected chi connectivity index (χ2v) is 4.19. The van der Waals surface area contributed by atoms with Crippen LogP contribution in [0.3, 0.4) is 0 Å². The highest BCUT2D eigenvalue weighted by molar-refractivity contribution is 5.04. The third-order valence-corrected chi connectivity index (χ3v) is 3.01. The number of hydrogen-bond acceptors (Lipinski definition) is 6. The molecule has 8 nitrogen and oxygen atoms in total. The normalized spacial score (nSPS) is 27.6. The zero-order chi connectivity index (χ0) is 13.3. The summed E-state index contributed by atoms with van der Waals surface area (Å²) in [6, 6.07) is 0. The fourth-order valence-corrected chi connectivity index (χ4v) is 1.98. The minimum Gasteiger partial charge on any atom is -0.390 e. The van der Waals surface area contributed by atoms with E-state index in [1.807, 2.05) is 0 Å². The Morgan fingerprint density at radius 1 is 1.50 bits per heavy atom. The molecule has 0 saturated carbocycles. The lowest BCUT2D eigenvalue weighted by Crippen LogP contribution is -2.35. The topological polar surface area (TPSA) is 136 Å². The minimum absolute atomic E-state index is 0.0191. The molecule has 0 aliphatic carbocycles. The zero-order valence-corrected chi connectivity index (χ0v) is 9.70. The average Bonchev–Trinajstić information content (AvgIpc) is 2.70. The molecule has 3 unspecified atom stereocenters. The molecular formula is C10H16N4O4. The van der Waals surface area contributed by atoms with Gasteiger partial charge in [0, 0.05) is 31.3 Å². The SMILES string of the molecule is NCc1cn(C2CC(O)C(CN)O2)c(=O)[nH]c1=O. The van der Waals surface area contributed by atoms with Crippen LogP contribution < -0.4 is 22.7 Å². The van der Waals surface area contributed by atoms with Gasteiger partial charge in [-0.3, -0.25) is 14.3 Å². The van der Waals surface area contributed by atoms with E-state index in [2.05, 4.69) is 4.98 Å². The monoisotopic (exact) mass is 256 g/mol. The van der Waals surface area contributed by atoms with E-state index in [9.17, 15) is 14.7 Å². The standard InChI is InChI=1S/C10H16N4O4/c11-2-5-4-14(10(17)13-9(5)16)8-1-6(15)7(3-12)18-8/h4,6-8,15H,1-3,11-12H2,(H,13,16,17). The van der Waals surface area contributed by atoms with Crippen LogP contribution >= 0.6 is 0 Å². The van der Waals surface area contributed by atoms with Crippen LogP contribution in [0, 0.1) is 0 Å². The van der Waals surface area contributed by atoms with Crippen molar-refractivity contribution in [1.82, 2.24) is 9.55 Å². The van der Waals surface area contributed by atoms with Gasteiger partial charge in [-0.15, -0.1) is 0 Å². The summed E-state index contributed by atoms with van der Waals surface area (Å²) in [5.74, 6) is 0. The molecule has 8 heteroatoms. The molecule has 1 fully saturated rings. The van der Waals surface area contributed by atoms with Gasteiger partial charge in [0.25, 0.3) is 5.56 Å². The van der Waals surface area contributed by atoms with Crippen molar-refractivity contribution in [3.63, 3.8) is 0 Å². The summed E-state index contributed by atoms with van der Waals surface area (Å²) in [4.78, 5) is 25.2. The van der Waals surface area contributed by atoms with Crippen LogP contribution in [0.2, 0.25) is 0 Å². The van der Waals surface area contributed by atoms with E-state index in [0.29, 0.717) is 0 Å². The van der Waals surface area contributed by atoms with Gasteiger partial charge in [-0.2, -0.15) is 0 Å². The molecule has 3 atom stereocenters. The van der Waals surface area contributed by atoms with Crippen molar-refractivity contribution in [2.24, 2.45) is 11.5 Å². The number of nitrogens with zero attached hydrogens (tertiary/aromatic N) is 1. The molecule has 0 amide bonds. The van der Waals surface area contributed by atoms with Gasteiger partial charge >= 0.3 is 5.69 Å². The third-order valence-electron chi connectivity index (χ3n) is 3.01. The summed E-state index contributed by atoms with van der Waals surface area (Å²) in [7, 11) is 0. The van der Waals surface area contributed by atoms with Gasteiger partial charge in [0.1, 0.15) is 6.23 Å². The van der Waals surface area contributed by atoms with E-state index in [1.165, 1.54) is 10.8 Å². The Kier molecular flexibility index (Phi) is 3.62. The van der Waals surface area contributed by atoms with Gasteiger partial charge in [-0.1, -0.05) is 0 Å². The molecule has 1 aliphatic rings. The maximum Gasteiger partial charge on any atom is 0.330 e. The number of aromatic amines is 1. The highest BCUT2D eigenvalue weighted by Crippen LogP contribution is 2.26. The average molecular weight is 256 g/mol. The third kappa shape index (κ3) is 2.23. The van der Waals surface area contributed by atoms with E-state index >= 15 is 0 Å². The van der Waals surface area contributed by atoms with Gasteiger partial charge in [-0.05, 0) is 0 Å². The van der Waals surface area contributed by atoms with Gasteiger partial charge in [0.2, 0.25) is 0 Å². The predicted octanol–water partition coefficient (Wildman–Crippen LogP) is -2.40. The van der Waals surface area contributed by atoms with Crippen LogP contribution in [0.4, 0.5) is 0 Å². The second-order valence-electron chi connectivity index (χ2n) is 4.19. The number of aliphatic hydroxyl groups excluding tert-OH is 1. The molecule has 1 aromatic rings. The van der Waals surface area contributed by atoms with Gasteiger partial charge in [0.05, 0.1) is 12.2 Å². The van der Waals surface area contributed by atoms with Crippen molar-refractivity contribution in [3.05, 3.63) is 32.6 Å². The largest absolute Gasteiger partial charge is 0.390 e. The number of H-pyrrole nitrogens is 1. The van der Waals surface area contributed by atoms with Crippen molar-refractivity contribution in [2.75, 3.05) is 6.54 Å². The van der Waals surface area contributed by atoms with E-state index in [-0.39, 0.29) is 25.1 Å². The number of nitrogens with one attached hydrogen (secondary N) is 1. The van der Waals surface area contributed by atoms with Gasteiger partial charge in [-0.25, -0.2) is 4.79 Å². The fraction of sp³-hybridized carbons (Fsp3) is 0.600. The molecule has 2 rings (SSSR count). The van der Waals surface area contributed by atoms with Crippen molar-refractivity contribution in [1.29, 1.82) is 0 Å². The Hall–Kier alpha value is -1.48. The summed E-state index contributed by atoms with van der Waals surface area (Å²) in [5.41, 5.74) is 10.0. The lowest BCUT2D eigenvalue weighted by atomic mass is 10.2. The molecule has 2 heterocycles. The highest BCUT2D eigenvalue weighted by atomic mass is 16.5. The minimum atomic E-state index is -0.722. The lowest BCUT2D eigenvalue weighted by molar-refractivity contribution is -0.0152. The molecule has 0 bridgehead atoms. The van der Waals surface area contributed by atoms with Gasteiger partial charge < -0.3 is 21.3 Å². The summed E-state index contributed by atoms with van der Waals surface area (Å²) < 4.78 is 6.68. The maximum atomic E-state index is 11.7. The Balaban J connectivity index is 2.35. The quantitative estimate of drug-likeness (QED) is 0.476. The fourth-order valence-electron chi connectivity index (χ4n) is 1.98. The number of hydrogen-bond donors (Lipinski definition) is 4. The van der Waals surface area contributed by atoms with E-state index in [4.69, 9.17) is 16.2 Å². The van der Waals surface area contributed by atoms with Crippen molar-refractivity contribution >= 4 is 0 Å². The number of nitrogens with two attached hydrogens (primary N) is 2. The van der Waals surface area contributed by atoms with Crippen LogP contribution in [0.25, 0.3) is 0 Å². The summed E-state index contributed by atoms with van der Waals surface area (Å²) in [5, 5.41) is 9.68. The summed E-state index contributed by atoms with van der Waals surface area (Å²) >= 11 is 0. The first-order valence-corrected chi connectivity index (χ1v) is 5.64. The summed E-state index contributed by atoms with van der Waals surface area (Å²) in [6.07, 6.45) is -0.256. The molecule has 1 aromatic heterocycles. The summed E-state index contributed by atoms with van der Waals surface area (Å²) in [6.45, 7) is 0.185. The Labute approximate surface area is 102 Å². The first-order valence-electron chi connectivity index (χ1n) is 5.64. The molecule has 0 spiro atoms.